The number of methoxy groups -OCH3 is 1. The van der Waals surface area contributed by atoms with Crippen molar-refractivity contribution in [2.75, 3.05) is 45.3 Å². The molecular weight excluding hydrogens is 444 g/mol. The Balaban J connectivity index is 1.36. The summed E-state index contributed by atoms with van der Waals surface area (Å²) in [5.41, 5.74) is 2.41. The summed E-state index contributed by atoms with van der Waals surface area (Å²) < 4.78 is 42.0. The molecule has 1 fully saturated rings. The standard InChI is InChI=1S/C25H27F2N3O4/c1-32-23-16-18(2-6-22(23)34-25(26)27)3-7-24(31)28-20-4-5-21-19(17-20)8-9-30(21)11-10-29-12-14-33-15-13-29/h2-9,16-17,25H,10-15H2,1H3,(H,28,31)/b7-3+. The smallest absolute Gasteiger partial charge is 0.387 e. The van der Waals surface area contributed by atoms with Crippen LogP contribution in [0.4, 0.5) is 14.5 Å². The minimum atomic E-state index is -2.94. The lowest BCUT2D eigenvalue weighted by molar-refractivity contribution is -0.111. The highest BCUT2D eigenvalue weighted by atomic mass is 19.3. The average molecular weight is 472 g/mol. The van der Waals surface area contributed by atoms with Crippen LogP contribution in [0.2, 0.25) is 0 Å². The molecule has 1 aromatic heterocycles. The maximum Gasteiger partial charge on any atom is 0.387 e. The molecule has 1 amide bonds. The molecule has 9 heteroatoms. The molecule has 34 heavy (non-hydrogen) atoms. The van der Waals surface area contributed by atoms with E-state index in [1.54, 1.807) is 12.1 Å². The Kier molecular flexibility index (Phi) is 7.76. The van der Waals surface area contributed by atoms with Gasteiger partial charge in [-0.25, -0.2) is 0 Å². The van der Waals surface area contributed by atoms with E-state index in [1.807, 2.05) is 24.3 Å². The first-order chi connectivity index (χ1) is 16.5. The first kappa shape index (κ1) is 23.7. The Morgan fingerprint density at radius 1 is 1.12 bits per heavy atom. The molecule has 3 aromatic rings. The number of ether oxygens (including phenoxy) is 3. The molecule has 7 nitrogen and oxygen atoms in total. The van der Waals surface area contributed by atoms with E-state index < -0.39 is 6.61 Å². The quantitative estimate of drug-likeness (QED) is 0.473. The highest BCUT2D eigenvalue weighted by molar-refractivity contribution is 6.03. The maximum absolute atomic E-state index is 12.5. The van der Waals surface area contributed by atoms with Crippen molar-refractivity contribution in [3.63, 3.8) is 0 Å². The van der Waals surface area contributed by atoms with Crippen LogP contribution in [0.5, 0.6) is 11.5 Å². The van der Waals surface area contributed by atoms with Gasteiger partial charge in [-0.05, 0) is 48.0 Å². The van der Waals surface area contributed by atoms with E-state index in [4.69, 9.17) is 9.47 Å². The minimum Gasteiger partial charge on any atom is -0.493 e. The molecule has 4 rings (SSSR count). The van der Waals surface area contributed by atoms with Gasteiger partial charge >= 0.3 is 6.61 Å². The fourth-order valence-electron chi connectivity index (χ4n) is 3.88. The van der Waals surface area contributed by atoms with E-state index in [0.29, 0.717) is 11.3 Å². The van der Waals surface area contributed by atoms with E-state index in [2.05, 4.69) is 25.7 Å². The number of rotatable bonds is 9. The number of benzene rings is 2. The number of anilines is 1. The van der Waals surface area contributed by atoms with Crippen LogP contribution in [0.15, 0.2) is 54.7 Å². The summed E-state index contributed by atoms with van der Waals surface area (Å²) in [6.07, 6.45) is 5.01. The molecule has 1 saturated heterocycles. The third-order valence-electron chi connectivity index (χ3n) is 5.63. The first-order valence-corrected chi connectivity index (χ1v) is 11.0. The second-order valence-electron chi connectivity index (χ2n) is 7.85. The third-order valence-corrected chi connectivity index (χ3v) is 5.63. The van der Waals surface area contributed by atoms with Crippen molar-refractivity contribution >= 4 is 28.6 Å². The van der Waals surface area contributed by atoms with Gasteiger partial charge in [0.15, 0.2) is 11.5 Å². The number of alkyl halides is 2. The molecule has 0 saturated carbocycles. The van der Waals surface area contributed by atoms with Gasteiger partial charge in [-0.3, -0.25) is 9.69 Å². The van der Waals surface area contributed by atoms with Gasteiger partial charge in [-0.1, -0.05) is 6.07 Å². The molecule has 2 aromatic carbocycles. The van der Waals surface area contributed by atoms with Crippen LogP contribution in [0, 0.1) is 0 Å². The fraction of sp³-hybridized carbons (Fsp3) is 0.320. The zero-order chi connectivity index (χ0) is 23.9. The SMILES string of the molecule is COc1cc(/C=C/C(=O)Nc2ccc3c(ccn3CCN3CCOCC3)c2)ccc1OC(F)F. The van der Waals surface area contributed by atoms with Gasteiger partial charge in [0.25, 0.3) is 0 Å². The molecule has 0 radical (unpaired) electrons. The van der Waals surface area contributed by atoms with Crippen LogP contribution in [0.25, 0.3) is 17.0 Å². The monoisotopic (exact) mass is 471 g/mol. The van der Waals surface area contributed by atoms with Gasteiger partial charge in [0, 0.05) is 55.0 Å². The van der Waals surface area contributed by atoms with Crippen molar-refractivity contribution in [2.45, 2.75) is 13.2 Å². The number of carbonyl (C=O) groups excluding carboxylic acids is 1. The Bertz CT molecular complexity index is 1160. The number of amides is 1. The number of morpholine rings is 1. The Morgan fingerprint density at radius 2 is 1.94 bits per heavy atom. The minimum absolute atomic E-state index is 0.0655. The van der Waals surface area contributed by atoms with Crippen molar-refractivity contribution < 1.29 is 27.8 Å². The summed E-state index contributed by atoms with van der Waals surface area (Å²) in [4.78, 5) is 14.8. The molecule has 1 aliphatic heterocycles. The molecular formula is C25H27F2N3O4. The van der Waals surface area contributed by atoms with Gasteiger partial charge in [-0.2, -0.15) is 8.78 Å². The first-order valence-electron chi connectivity index (χ1n) is 11.0. The maximum atomic E-state index is 12.5. The lowest BCUT2D eigenvalue weighted by Gasteiger charge is -2.26. The Morgan fingerprint density at radius 3 is 2.71 bits per heavy atom. The van der Waals surface area contributed by atoms with E-state index >= 15 is 0 Å². The van der Waals surface area contributed by atoms with Gasteiger partial charge in [0.05, 0.1) is 20.3 Å². The van der Waals surface area contributed by atoms with Crippen LogP contribution in [-0.4, -0.2) is 61.9 Å². The normalized spacial score (nSPS) is 14.7. The molecule has 1 aliphatic rings. The molecule has 180 valence electrons. The van der Waals surface area contributed by atoms with Crippen LogP contribution in [0.3, 0.4) is 0 Å². The number of nitrogens with one attached hydrogen (secondary N) is 1. The highest BCUT2D eigenvalue weighted by Gasteiger charge is 2.12. The summed E-state index contributed by atoms with van der Waals surface area (Å²) in [5.74, 6) is -0.214. The van der Waals surface area contributed by atoms with Crippen LogP contribution in [-0.2, 0) is 16.1 Å². The predicted molar refractivity (Wildman–Crippen MR) is 126 cm³/mol. The zero-order valence-corrected chi connectivity index (χ0v) is 18.9. The van der Waals surface area contributed by atoms with Crippen molar-refractivity contribution in [3.05, 3.63) is 60.3 Å². The van der Waals surface area contributed by atoms with Crippen molar-refractivity contribution in [1.82, 2.24) is 9.47 Å². The summed E-state index contributed by atoms with van der Waals surface area (Å²) in [6, 6.07) is 12.3. The second-order valence-corrected chi connectivity index (χ2v) is 7.85. The molecule has 2 heterocycles. The molecule has 0 atom stereocenters. The number of nitrogens with zero attached hydrogens (tertiary/aromatic N) is 2. The molecule has 0 aliphatic carbocycles. The molecule has 0 bridgehead atoms. The van der Waals surface area contributed by atoms with Crippen molar-refractivity contribution in [2.24, 2.45) is 0 Å². The largest absolute Gasteiger partial charge is 0.493 e. The summed E-state index contributed by atoms with van der Waals surface area (Å²) in [5, 5.41) is 3.90. The predicted octanol–water partition coefficient (Wildman–Crippen LogP) is 4.24. The van der Waals surface area contributed by atoms with Gasteiger partial charge in [0.2, 0.25) is 5.91 Å². The zero-order valence-electron chi connectivity index (χ0n) is 18.9. The van der Waals surface area contributed by atoms with E-state index in [1.165, 1.54) is 25.3 Å². The lowest BCUT2D eigenvalue weighted by Crippen LogP contribution is -2.38. The number of aromatic nitrogens is 1. The fourth-order valence-corrected chi connectivity index (χ4v) is 3.88. The van der Waals surface area contributed by atoms with Gasteiger partial charge in [-0.15, -0.1) is 0 Å². The van der Waals surface area contributed by atoms with Crippen molar-refractivity contribution in [1.29, 1.82) is 0 Å². The summed E-state index contributed by atoms with van der Waals surface area (Å²) in [6.45, 7) is 2.41. The molecule has 0 unspecified atom stereocenters. The Labute approximate surface area is 196 Å². The Hall–Kier alpha value is -3.43. The van der Waals surface area contributed by atoms with Crippen LogP contribution in [0.1, 0.15) is 5.56 Å². The summed E-state index contributed by atoms with van der Waals surface area (Å²) >= 11 is 0. The number of halogens is 2. The van der Waals surface area contributed by atoms with E-state index in [9.17, 15) is 13.6 Å². The van der Waals surface area contributed by atoms with Gasteiger partial charge in [0.1, 0.15) is 0 Å². The third kappa shape index (κ3) is 6.12. The average Bonchev–Trinajstić information content (AvgIpc) is 3.24. The number of hydrogen-bond acceptors (Lipinski definition) is 5. The summed E-state index contributed by atoms with van der Waals surface area (Å²) in [7, 11) is 1.36. The van der Waals surface area contributed by atoms with E-state index in [-0.39, 0.29) is 17.4 Å². The van der Waals surface area contributed by atoms with E-state index in [0.717, 1.165) is 50.3 Å². The highest BCUT2D eigenvalue weighted by Crippen LogP contribution is 2.30. The number of hydrogen-bond donors (Lipinski definition) is 1. The topological polar surface area (TPSA) is 65.0 Å². The lowest BCUT2D eigenvalue weighted by atomic mass is 10.2. The molecule has 1 N–H and O–H groups in total. The number of carbonyl (C=O) groups is 1. The number of fused-ring (bicyclic) bond motifs is 1. The van der Waals surface area contributed by atoms with Crippen molar-refractivity contribution in [3.8, 4) is 11.5 Å². The van der Waals surface area contributed by atoms with Crippen LogP contribution >= 0.6 is 0 Å². The van der Waals surface area contributed by atoms with Gasteiger partial charge < -0.3 is 24.1 Å². The van der Waals surface area contributed by atoms with Crippen LogP contribution < -0.4 is 14.8 Å². The second kappa shape index (κ2) is 11.1. The molecule has 0 spiro atoms.